The van der Waals surface area contributed by atoms with Crippen LogP contribution in [0.25, 0.3) is 0 Å². The minimum absolute atomic E-state index is 0.0217. The van der Waals surface area contributed by atoms with Crippen LogP contribution in [-0.2, 0) is 11.2 Å². The van der Waals surface area contributed by atoms with E-state index in [1.54, 1.807) is 0 Å². The maximum Gasteiger partial charge on any atom is 0.269 e. The number of aryl methyl sites for hydroxylation is 1. The van der Waals surface area contributed by atoms with E-state index in [2.05, 4.69) is 12.1 Å². The molecule has 24 heavy (non-hydrogen) atoms. The SMILES string of the molecule is O=C1C[C@H](CCc2ccccc2)[C@H]1[C@@H](O)c1ccc([N+](=O)[O-])cc1. The third kappa shape index (κ3) is 3.36. The Morgan fingerprint density at radius 1 is 1.12 bits per heavy atom. The van der Waals surface area contributed by atoms with Crippen LogP contribution in [0.4, 0.5) is 5.69 Å². The number of non-ortho nitro benzene ring substituents is 1. The summed E-state index contributed by atoms with van der Waals surface area (Å²) in [5.74, 6) is -0.183. The molecule has 1 aliphatic carbocycles. The van der Waals surface area contributed by atoms with Crippen molar-refractivity contribution in [2.45, 2.75) is 25.4 Å². The molecule has 0 spiro atoms. The van der Waals surface area contributed by atoms with Crippen LogP contribution in [0, 0.1) is 22.0 Å². The number of carbonyl (C=O) groups excluding carboxylic acids is 1. The topological polar surface area (TPSA) is 80.4 Å². The molecule has 1 aliphatic rings. The van der Waals surface area contributed by atoms with E-state index in [4.69, 9.17) is 0 Å². The van der Waals surface area contributed by atoms with E-state index in [9.17, 15) is 20.0 Å². The monoisotopic (exact) mass is 325 g/mol. The highest BCUT2D eigenvalue weighted by Gasteiger charge is 2.44. The van der Waals surface area contributed by atoms with Crippen LogP contribution in [0.15, 0.2) is 54.6 Å². The van der Waals surface area contributed by atoms with Gasteiger partial charge in [-0.05, 0) is 42.0 Å². The molecular weight excluding hydrogens is 306 g/mol. The van der Waals surface area contributed by atoms with Gasteiger partial charge in [0.1, 0.15) is 5.78 Å². The molecular formula is C19H19NO4. The molecule has 2 aromatic rings. The molecule has 0 amide bonds. The van der Waals surface area contributed by atoms with Crippen molar-refractivity contribution in [3.8, 4) is 0 Å². The van der Waals surface area contributed by atoms with Gasteiger partial charge in [-0.3, -0.25) is 14.9 Å². The third-order valence-corrected chi connectivity index (χ3v) is 4.78. The van der Waals surface area contributed by atoms with Gasteiger partial charge in [0, 0.05) is 18.6 Å². The van der Waals surface area contributed by atoms with E-state index in [0.717, 1.165) is 12.8 Å². The Bertz CT molecular complexity index is 727. The van der Waals surface area contributed by atoms with Crippen LogP contribution >= 0.6 is 0 Å². The minimum Gasteiger partial charge on any atom is -0.388 e. The van der Waals surface area contributed by atoms with Crippen molar-refractivity contribution in [3.63, 3.8) is 0 Å². The largest absolute Gasteiger partial charge is 0.388 e. The van der Waals surface area contributed by atoms with Gasteiger partial charge in [-0.2, -0.15) is 0 Å². The first-order chi connectivity index (χ1) is 11.6. The summed E-state index contributed by atoms with van der Waals surface area (Å²) in [5.41, 5.74) is 1.76. The number of carbonyl (C=O) groups is 1. The number of aliphatic hydroxyl groups excluding tert-OH is 1. The zero-order valence-electron chi connectivity index (χ0n) is 13.2. The van der Waals surface area contributed by atoms with Gasteiger partial charge in [-0.25, -0.2) is 0 Å². The predicted octanol–water partition coefficient (Wildman–Crippen LogP) is 3.47. The Balaban J connectivity index is 1.65. The van der Waals surface area contributed by atoms with Crippen molar-refractivity contribution in [3.05, 3.63) is 75.8 Å². The number of hydrogen-bond donors (Lipinski definition) is 1. The number of hydrogen-bond acceptors (Lipinski definition) is 4. The molecule has 0 aromatic heterocycles. The third-order valence-electron chi connectivity index (χ3n) is 4.78. The van der Waals surface area contributed by atoms with Crippen LogP contribution in [0.2, 0.25) is 0 Å². The Labute approximate surface area is 140 Å². The smallest absolute Gasteiger partial charge is 0.269 e. The summed E-state index contributed by atoms with van der Waals surface area (Å²) in [6.07, 6.45) is 1.33. The molecule has 0 heterocycles. The second-order valence-electron chi connectivity index (χ2n) is 6.27. The quantitative estimate of drug-likeness (QED) is 0.651. The molecule has 3 rings (SSSR count). The number of ketones is 1. The lowest BCUT2D eigenvalue weighted by Crippen LogP contribution is -2.41. The molecule has 0 unspecified atom stereocenters. The second kappa shape index (κ2) is 6.93. The van der Waals surface area contributed by atoms with Crippen LogP contribution in [0.1, 0.15) is 30.1 Å². The lowest BCUT2D eigenvalue weighted by molar-refractivity contribution is -0.384. The highest BCUT2D eigenvalue weighted by atomic mass is 16.6. The summed E-state index contributed by atoms with van der Waals surface area (Å²) in [4.78, 5) is 22.2. The highest BCUT2D eigenvalue weighted by Crippen LogP contribution is 2.42. The van der Waals surface area contributed by atoms with Gasteiger partial charge in [0.2, 0.25) is 0 Å². The van der Waals surface area contributed by atoms with Gasteiger partial charge in [0.05, 0.1) is 16.9 Å². The fourth-order valence-electron chi connectivity index (χ4n) is 3.34. The van der Waals surface area contributed by atoms with Crippen molar-refractivity contribution in [1.29, 1.82) is 0 Å². The average molecular weight is 325 g/mol. The summed E-state index contributed by atoms with van der Waals surface area (Å²) >= 11 is 0. The summed E-state index contributed by atoms with van der Waals surface area (Å²) in [6.45, 7) is 0. The molecule has 2 aromatic carbocycles. The van der Waals surface area contributed by atoms with Crippen LogP contribution in [-0.4, -0.2) is 15.8 Å². The summed E-state index contributed by atoms with van der Waals surface area (Å²) in [7, 11) is 0. The Morgan fingerprint density at radius 2 is 1.79 bits per heavy atom. The molecule has 0 radical (unpaired) electrons. The molecule has 5 nitrogen and oxygen atoms in total. The molecule has 0 aliphatic heterocycles. The standard InChI is InChI=1S/C19H19NO4/c21-17-12-15(7-6-13-4-2-1-3-5-13)18(17)19(22)14-8-10-16(11-9-14)20(23)24/h1-5,8-11,15,18-19,22H,6-7,12H2/t15-,18+,19-/m0/s1. The van der Waals surface area contributed by atoms with Crippen molar-refractivity contribution >= 4 is 11.5 Å². The summed E-state index contributed by atoms with van der Waals surface area (Å²) < 4.78 is 0. The van der Waals surface area contributed by atoms with Crippen molar-refractivity contribution in [2.24, 2.45) is 11.8 Å². The maximum absolute atomic E-state index is 12.0. The number of rotatable bonds is 6. The number of Topliss-reactive ketones (excluding diaryl/α,β-unsaturated/α-hetero) is 1. The summed E-state index contributed by atoms with van der Waals surface area (Å²) in [6, 6.07) is 15.9. The number of aliphatic hydroxyl groups is 1. The van der Waals surface area contributed by atoms with Crippen LogP contribution < -0.4 is 0 Å². The molecule has 0 saturated heterocycles. The first-order valence-corrected chi connectivity index (χ1v) is 8.05. The van der Waals surface area contributed by atoms with Crippen molar-refractivity contribution < 1.29 is 14.8 Å². The predicted molar refractivity (Wildman–Crippen MR) is 89.4 cm³/mol. The van der Waals surface area contributed by atoms with E-state index in [-0.39, 0.29) is 17.4 Å². The van der Waals surface area contributed by atoms with E-state index in [0.29, 0.717) is 12.0 Å². The lowest BCUT2D eigenvalue weighted by atomic mass is 9.66. The van der Waals surface area contributed by atoms with E-state index in [1.807, 2.05) is 18.2 Å². The zero-order valence-corrected chi connectivity index (χ0v) is 13.2. The Morgan fingerprint density at radius 3 is 2.38 bits per heavy atom. The average Bonchev–Trinajstić information content (AvgIpc) is 2.59. The number of benzene rings is 2. The van der Waals surface area contributed by atoms with Crippen LogP contribution in [0.5, 0.6) is 0 Å². The molecule has 5 heteroatoms. The van der Waals surface area contributed by atoms with Gasteiger partial charge in [-0.1, -0.05) is 30.3 Å². The van der Waals surface area contributed by atoms with Gasteiger partial charge < -0.3 is 5.11 Å². The highest BCUT2D eigenvalue weighted by molar-refractivity contribution is 5.88. The lowest BCUT2D eigenvalue weighted by Gasteiger charge is -2.38. The first kappa shape index (κ1) is 16.3. The number of nitrogens with zero attached hydrogens (tertiary/aromatic N) is 1. The van der Waals surface area contributed by atoms with E-state index in [1.165, 1.54) is 29.8 Å². The van der Waals surface area contributed by atoms with E-state index < -0.39 is 16.9 Å². The normalized spacial score (nSPS) is 21.1. The van der Waals surface area contributed by atoms with Crippen molar-refractivity contribution in [1.82, 2.24) is 0 Å². The second-order valence-corrected chi connectivity index (χ2v) is 6.27. The molecule has 0 bridgehead atoms. The first-order valence-electron chi connectivity index (χ1n) is 8.05. The molecule has 124 valence electrons. The van der Waals surface area contributed by atoms with E-state index >= 15 is 0 Å². The summed E-state index contributed by atoms with van der Waals surface area (Å²) in [5, 5.41) is 21.2. The van der Waals surface area contributed by atoms with Crippen molar-refractivity contribution in [2.75, 3.05) is 0 Å². The Hall–Kier alpha value is -2.53. The molecule has 1 saturated carbocycles. The fourth-order valence-corrected chi connectivity index (χ4v) is 3.34. The molecule has 1 fully saturated rings. The van der Waals surface area contributed by atoms with Crippen LogP contribution in [0.3, 0.4) is 0 Å². The van der Waals surface area contributed by atoms with Gasteiger partial charge >= 0.3 is 0 Å². The zero-order chi connectivity index (χ0) is 17.1. The number of nitro benzene ring substituents is 1. The molecule has 3 atom stereocenters. The number of nitro groups is 1. The fraction of sp³-hybridized carbons (Fsp3) is 0.316. The van der Waals surface area contributed by atoms with Gasteiger partial charge in [0.15, 0.2) is 0 Å². The Kier molecular flexibility index (Phi) is 4.71. The molecule has 1 N–H and O–H groups in total. The maximum atomic E-state index is 12.0. The minimum atomic E-state index is -0.896. The van der Waals surface area contributed by atoms with Gasteiger partial charge in [0.25, 0.3) is 5.69 Å². The van der Waals surface area contributed by atoms with Gasteiger partial charge in [-0.15, -0.1) is 0 Å².